The van der Waals surface area contributed by atoms with Gasteiger partial charge in [-0.2, -0.15) is 0 Å². The number of carbonyl (C=O) groups excluding carboxylic acids is 2. The maximum Gasteiger partial charge on any atom is 0.335 e. The third-order valence-electron chi connectivity index (χ3n) is 12.2. The van der Waals surface area contributed by atoms with Gasteiger partial charge < -0.3 is 35.3 Å². The Balaban J connectivity index is 0.930. The quantitative estimate of drug-likeness (QED) is 0.0846. The summed E-state index contributed by atoms with van der Waals surface area (Å²) in [7, 11) is 0. The minimum absolute atomic E-state index is 0.112. The predicted octanol–water partition coefficient (Wildman–Crippen LogP) is 7.56. The molecule has 3 atom stereocenters. The molecule has 0 radical (unpaired) electrons. The predicted molar refractivity (Wildman–Crippen MR) is 210 cm³/mol. The van der Waals surface area contributed by atoms with Crippen molar-refractivity contribution in [1.29, 1.82) is 0 Å². The van der Waals surface area contributed by atoms with Crippen LogP contribution in [0.3, 0.4) is 0 Å². The first-order valence-corrected chi connectivity index (χ1v) is 20.3. The third kappa shape index (κ3) is 8.16. The van der Waals surface area contributed by atoms with Gasteiger partial charge in [-0.15, -0.1) is 11.3 Å². The highest BCUT2D eigenvalue weighted by Gasteiger charge is 2.58. The number of benzene rings is 3. The van der Waals surface area contributed by atoms with Crippen LogP contribution in [0.25, 0.3) is 11.1 Å². The van der Waals surface area contributed by atoms with E-state index in [9.17, 15) is 19.5 Å². The molecule has 4 saturated carbocycles. The summed E-state index contributed by atoms with van der Waals surface area (Å²) in [6, 6.07) is 14.3. The van der Waals surface area contributed by atoms with E-state index in [1.807, 2.05) is 19.1 Å². The van der Waals surface area contributed by atoms with Crippen molar-refractivity contribution in [3.05, 3.63) is 88.7 Å². The lowest BCUT2D eigenvalue weighted by atomic mass is 9.73. The van der Waals surface area contributed by atoms with E-state index in [2.05, 4.69) is 20.9 Å². The van der Waals surface area contributed by atoms with Gasteiger partial charge in [0.2, 0.25) is 11.8 Å². The van der Waals surface area contributed by atoms with E-state index < -0.39 is 17.3 Å². The Morgan fingerprint density at radius 3 is 2.50 bits per heavy atom. The molecule has 4 fully saturated rings. The summed E-state index contributed by atoms with van der Waals surface area (Å²) < 4.78 is 34.0. The molecule has 9 rings (SSSR count). The number of carbonyl (C=O) groups is 3. The van der Waals surface area contributed by atoms with Gasteiger partial charge in [-0.05, 0) is 122 Å². The molecule has 13 heteroatoms. The minimum Gasteiger partial charge on any atom is -0.487 e. The first-order chi connectivity index (χ1) is 27.1. The summed E-state index contributed by atoms with van der Waals surface area (Å²) in [4.78, 5) is 41.5. The van der Waals surface area contributed by atoms with Crippen molar-refractivity contribution in [3.63, 3.8) is 0 Å². The molecule has 4 bridgehead atoms. The fourth-order valence-corrected chi connectivity index (χ4v) is 10.5. The second kappa shape index (κ2) is 16.0. The van der Waals surface area contributed by atoms with Crippen LogP contribution in [0.15, 0.2) is 66.2 Å². The first kappa shape index (κ1) is 38.0. The average Bonchev–Trinajstić information content (AvgIpc) is 3.82. The van der Waals surface area contributed by atoms with E-state index in [1.54, 1.807) is 35.8 Å². The fourth-order valence-electron chi connectivity index (χ4n) is 9.93. The van der Waals surface area contributed by atoms with Crippen LogP contribution in [-0.4, -0.2) is 60.8 Å². The number of nitrogens with one attached hydrogen (secondary N) is 3. The zero-order valence-electron chi connectivity index (χ0n) is 31.4. The maximum atomic E-state index is 15.5. The van der Waals surface area contributed by atoms with Gasteiger partial charge in [-0.1, -0.05) is 12.1 Å². The summed E-state index contributed by atoms with van der Waals surface area (Å²) in [6.45, 7) is 3.90. The Morgan fingerprint density at radius 1 is 0.964 bits per heavy atom. The van der Waals surface area contributed by atoms with Gasteiger partial charge in [0.1, 0.15) is 18.2 Å². The number of nitrogens with zero attached hydrogens (tertiary/aromatic N) is 1. The highest BCUT2D eigenvalue weighted by atomic mass is 32.1. The van der Waals surface area contributed by atoms with Crippen LogP contribution in [0.2, 0.25) is 0 Å². The number of thiazole rings is 1. The number of aromatic nitrogens is 1. The van der Waals surface area contributed by atoms with Crippen molar-refractivity contribution in [2.24, 2.45) is 23.2 Å². The van der Waals surface area contributed by atoms with E-state index in [0.29, 0.717) is 60.3 Å². The standard InChI is InChI=1S/C43H47FN4O7S/c1-42(24-39(50)48-41-46-11-15-56-41)34-21-37(55-32-6-7-33(35(44)20-32)28-2-4-29(5-3-28)40(51)52)36(19-30(34)8-9-47-42)54-14-13-53-12-10-45-38(49)25-43-22-26-16-27(23-43)18-31(43)17-26/h2-7,11,15,19-21,26-27,31,47H,8-10,12-14,16-18,22-25H2,1H3,(H,45,49)(H,51,52)(H,46,48,50)/t26?,27?,31?,42-,43?/m1/s1. The Kier molecular flexibility index (Phi) is 10.8. The summed E-state index contributed by atoms with van der Waals surface area (Å²) in [6.07, 6.45) is 9.50. The van der Waals surface area contributed by atoms with Crippen LogP contribution in [0.5, 0.6) is 17.2 Å². The molecule has 294 valence electrons. The number of hydrogen-bond acceptors (Lipinski definition) is 9. The molecule has 4 aromatic rings. The topological polar surface area (TPSA) is 148 Å². The number of fused-ring (bicyclic) bond motifs is 1. The number of amides is 2. The van der Waals surface area contributed by atoms with Gasteiger partial charge in [0.05, 0.1) is 18.8 Å². The molecule has 2 heterocycles. The molecule has 0 saturated heterocycles. The van der Waals surface area contributed by atoms with Gasteiger partial charge in [-0.25, -0.2) is 14.2 Å². The Bertz CT molecular complexity index is 2080. The largest absolute Gasteiger partial charge is 0.487 e. The molecular weight excluding hydrogens is 736 g/mol. The minimum atomic E-state index is -1.06. The molecule has 2 unspecified atom stereocenters. The third-order valence-corrected chi connectivity index (χ3v) is 12.9. The molecule has 56 heavy (non-hydrogen) atoms. The van der Waals surface area contributed by atoms with Crippen LogP contribution in [0, 0.1) is 29.0 Å². The molecule has 3 aromatic carbocycles. The molecule has 5 aliphatic rings. The fraction of sp³-hybridized carbons (Fsp3) is 0.442. The lowest BCUT2D eigenvalue weighted by Crippen LogP contribution is -2.47. The van der Waals surface area contributed by atoms with E-state index in [1.165, 1.54) is 61.6 Å². The molecule has 11 nitrogen and oxygen atoms in total. The molecule has 4 aliphatic carbocycles. The zero-order valence-corrected chi connectivity index (χ0v) is 32.2. The maximum absolute atomic E-state index is 15.5. The highest BCUT2D eigenvalue weighted by molar-refractivity contribution is 7.13. The lowest BCUT2D eigenvalue weighted by molar-refractivity contribution is -0.124. The SMILES string of the molecule is C[C@]1(CC(=O)Nc2nccs2)NCCc2cc(OCCOCCNC(=O)CC34CC5CC(CC3C5)C4)c(Oc3ccc(-c4ccc(C(=O)O)cc4)c(F)c3)cc21. The molecule has 0 spiro atoms. The molecular formula is C43H47FN4O7S. The number of hydrogen-bond donors (Lipinski definition) is 4. The summed E-state index contributed by atoms with van der Waals surface area (Å²) in [5.74, 6) is 1.73. The van der Waals surface area contributed by atoms with Crippen LogP contribution >= 0.6 is 11.3 Å². The number of carboxylic acids is 1. The van der Waals surface area contributed by atoms with Gasteiger partial charge in [-0.3, -0.25) is 9.59 Å². The summed E-state index contributed by atoms with van der Waals surface area (Å²) >= 11 is 1.35. The molecule has 2 amide bonds. The number of aromatic carboxylic acids is 1. The first-order valence-electron chi connectivity index (χ1n) is 19.5. The van der Waals surface area contributed by atoms with E-state index >= 15 is 4.39 Å². The van der Waals surface area contributed by atoms with Gasteiger partial charge in [0.25, 0.3) is 0 Å². The Hall–Kier alpha value is -4.85. The highest BCUT2D eigenvalue weighted by Crippen LogP contribution is 2.66. The van der Waals surface area contributed by atoms with Crippen LogP contribution in [0.4, 0.5) is 9.52 Å². The van der Waals surface area contributed by atoms with Crippen LogP contribution in [-0.2, 0) is 26.3 Å². The van der Waals surface area contributed by atoms with Gasteiger partial charge in [0, 0.05) is 54.7 Å². The van der Waals surface area contributed by atoms with Crippen molar-refractivity contribution in [2.45, 2.75) is 63.8 Å². The van der Waals surface area contributed by atoms with Crippen molar-refractivity contribution in [1.82, 2.24) is 15.6 Å². The number of rotatable bonds is 16. The molecule has 1 aliphatic heterocycles. The molecule has 4 N–H and O–H groups in total. The van der Waals surface area contributed by atoms with Crippen molar-refractivity contribution >= 4 is 34.3 Å². The van der Waals surface area contributed by atoms with Crippen molar-refractivity contribution in [2.75, 3.05) is 38.2 Å². The van der Waals surface area contributed by atoms with Gasteiger partial charge in [0.15, 0.2) is 16.6 Å². The summed E-state index contributed by atoms with van der Waals surface area (Å²) in [5, 5.41) is 21.0. The zero-order chi connectivity index (χ0) is 38.9. The smallest absolute Gasteiger partial charge is 0.335 e. The second-order valence-corrected chi connectivity index (χ2v) is 16.9. The van der Waals surface area contributed by atoms with E-state index in [4.69, 9.17) is 14.2 Å². The molecule has 1 aromatic heterocycles. The Labute approximate surface area is 329 Å². The van der Waals surface area contributed by atoms with Gasteiger partial charge >= 0.3 is 5.97 Å². The van der Waals surface area contributed by atoms with Crippen molar-refractivity contribution in [3.8, 4) is 28.4 Å². The normalized spacial score (nSPS) is 24.4. The number of ether oxygens (including phenoxy) is 3. The number of carboxylic acid groups (broad SMARTS) is 1. The number of anilines is 1. The van der Waals surface area contributed by atoms with Crippen LogP contribution < -0.4 is 25.4 Å². The van der Waals surface area contributed by atoms with Crippen LogP contribution in [0.1, 0.15) is 73.4 Å². The average molecular weight is 783 g/mol. The van der Waals surface area contributed by atoms with Crippen molar-refractivity contribution < 1.29 is 38.1 Å². The monoisotopic (exact) mass is 782 g/mol. The van der Waals surface area contributed by atoms with E-state index in [0.717, 1.165) is 28.9 Å². The van der Waals surface area contributed by atoms with E-state index in [-0.39, 0.29) is 48.2 Å². The number of halogens is 1. The second-order valence-electron chi connectivity index (χ2n) is 16.0. The lowest BCUT2D eigenvalue weighted by Gasteiger charge is -2.37. The Morgan fingerprint density at radius 2 is 1.77 bits per heavy atom. The summed E-state index contributed by atoms with van der Waals surface area (Å²) in [5.41, 5.74) is 2.28.